The number of fused-ring (bicyclic) bond motifs is 5. The minimum atomic E-state index is 1.06. The fraction of sp³-hybridized carbons (Fsp3) is 0. The maximum absolute atomic E-state index is 2.43. The summed E-state index contributed by atoms with van der Waals surface area (Å²) in [4.78, 5) is 4.85. The topological polar surface area (TPSA) is 11.4 Å². The van der Waals surface area contributed by atoms with Crippen molar-refractivity contribution in [1.82, 2.24) is 4.57 Å². The van der Waals surface area contributed by atoms with Crippen molar-refractivity contribution in [3.05, 3.63) is 249 Å². The molecule has 12 rings (SSSR count). The summed E-state index contributed by atoms with van der Waals surface area (Å²) < 4.78 is 2.27. The van der Waals surface area contributed by atoms with Crippen molar-refractivity contribution in [3.8, 4) is 16.8 Å². The lowest BCUT2D eigenvalue weighted by molar-refractivity contribution is 1.13. The van der Waals surface area contributed by atoms with Crippen LogP contribution in [0.25, 0.3) is 70.8 Å². The highest BCUT2D eigenvalue weighted by atomic mass is 15.2. The molecular formula is C60H41N3. The molecule has 0 spiro atoms. The van der Waals surface area contributed by atoms with Crippen LogP contribution in [0.15, 0.2) is 249 Å². The Kier molecular flexibility index (Phi) is 8.83. The van der Waals surface area contributed by atoms with E-state index in [1.54, 1.807) is 0 Å². The summed E-state index contributed by atoms with van der Waals surface area (Å²) in [5.41, 5.74) is 11.0. The first-order chi connectivity index (χ1) is 31.2. The van der Waals surface area contributed by atoms with Crippen LogP contribution in [0.2, 0.25) is 0 Å². The predicted molar refractivity (Wildman–Crippen MR) is 268 cm³/mol. The first-order valence-corrected chi connectivity index (χ1v) is 21.6. The van der Waals surface area contributed by atoms with Crippen molar-refractivity contribution < 1.29 is 0 Å². The molecule has 0 unspecified atom stereocenters. The highest BCUT2D eigenvalue weighted by Crippen LogP contribution is 2.45. The Morgan fingerprint density at radius 1 is 0.238 bits per heavy atom. The van der Waals surface area contributed by atoms with E-state index in [9.17, 15) is 0 Å². The number of anilines is 6. The van der Waals surface area contributed by atoms with Gasteiger partial charge in [0.2, 0.25) is 0 Å². The molecule has 0 saturated carbocycles. The highest BCUT2D eigenvalue weighted by molar-refractivity contribution is 5.98. The number of benzene rings is 11. The second-order valence-corrected chi connectivity index (χ2v) is 16.3. The molecule has 0 bridgehead atoms. The first kappa shape index (κ1) is 36.5. The van der Waals surface area contributed by atoms with Gasteiger partial charge in [-0.3, -0.25) is 0 Å². The number of hydrogen-bond acceptors (Lipinski definition) is 2. The number of hydrogen-bond donors (Lipinski definition) is 0. The fourth-order valence-electron chi connectivity index (χ4n) is 9.31. The molecule has 11 aromatic carbocycles. The molecule has 3 nitrogen and oxygen atoms in total. The van der Waals surface area contributed by atoms with Crippen molar-refractivity contribution in [2.45, 2.75) is 0 Å². The Hall–Kier alpha value is -8.40. The predicted octanol–water partition coefficient (Wildman–Crippen LogP) is 16.8. The van der Waals surface area contributed by atoms with E-state index in [-0.39, 0.29) is 0 Å². The molecular weight excluding hydrogens is 763 g/mol. The van der Waals surface area contributed by atoms with Crippen molar-refractivity contribution in [1.29, 1.82) is 0 Å². The number of para-hydroxylation sites is 1. The molecule has 1 heterocycles. The van der Waals surface area contributed by atoms with E-state index in [4.69, 9.17) is 0 Å². The molecule has 1 aromatic heterocycles. The van der Waals surface area contributed by atoms with Crippen LogP contribution in [0.5, 0.6) is 0 Å². The van der Waals surface area contributed by atoms with Gasteiger partial charge < -0.3 is 14.4 Å². The average molecular weight is 804 g/mol. The molecule has 12 aromatic rings. The molecule has 0 aliphatic heterocycles. The van der Waals surface area contributed by atoms with Gasteiger partial charge in [0.1, 0.15) is 0 Å². The average Bonchev–Trinajstić information content (AvgIpc) is 3.78. The minimum absolute atomic E-state index is 1.06. The lowest BCUT2D eigenvalue weighted by Crippen LogP contribution is -2.14. The standard InChI is InChI=1S/C60H41N3/c1-2-20-53(21-3-1)61-33-32-51-34-50(26-31-60(51)61)52-39-58(62(54-27-22-42-12-4-8-16-46(42)35-54)55-28-23-43-13-5-9-17-47(43)36-55)41-59(40-52)63(56-29-24-44-14-6-10-18-48(44)37-56)57-30-25-45-15-7-11-19-49(45)38-57/h1-41H. The summed E-state index contributed by atoms with van der Waals surface area (Å²) >= 11 is 0. The van der Waals surface area contributed by atoms with Crippen molar-refractivity contribution >= 4 is 88.1 Å². The van der Waals surface area contributed by atoms with E-state index in [2.05, 4.69) is 263 Å². The van der Waals surface area contributed by atoms with Crippen LogP contribution in [-0.4, -0.2) is 4.57 Å². The minimum Gasteiger partial charge on any atom is -0.317 e. The largest absolute Gasteiger partial charge is 0.317 e. The van der Waals surface area contributed by atoms with Gasteiger partial charge in [0.05, 0.1) is 5.52 Å². The van der Waals surface area contributed by atoms with Crippen LogP contribution in [0.3, 0.4) is 0 Å². The third-order valence-electron chi connectivity index (χ3n) is 12.4. The molecule has 0 saturated heterocycles. The molecule has 63 heavy (non-hydrogen) atoms. The SMILES string of the molecule is c1ccc(-n2ccc3cc(-c4cc(N(c5ccc6ccccc6c5)c5ccc6ccccc6c5)cc(N(c5ccc6ccccc6c5)c5ccc6ccccc6c5)c4)ccc32)cc1. The Morgan fingerprint density at radius 3 is 1.06 bits per heavy atom. The molecule has 0 atom stereocenters. The Balaban J connectivity index is 1.13. The Morgan fingerprint density at radius 2 is 0.635 bits per heavy atom. The number of aromatic nitrogens is 1. The number of rotatable bonds is 8. The molecule has 3 heteroatoms. The van der Waals surface area contributed by atoms with Crippen LogP contribution < -0.4 is 9.80 Å². The summed E-state index contributed by atoms with van der Waals surface area (Å²) in [7, 11) is 0. The maximum Gasteiger partial charge on any atom is 0.0528 e. The summed E-state index contributed by atoms with van der Waals surface area (Å²) in [6.45, 7) is 0. The van der Waals surface area contributed by atoms with Gasteiger partial charge in [0, 0.05) is 51.4 Å². The zero-order valence-corrected chi connectivity index (χ0v) is 34.5. The summed E-state index contributed by atoms with van der Waals surface area (Å²) in [6.07, 6.45) is 2.17. The van der Waals surface area contributed by atoms with Gasteiger partial charge in [-0.1, -0.05) is 146 Å². The van der Waals surface area contributed by atoms with E-state index in [0.29, 0.717) is 0 Å². The van der Waals surface area contributed by atoms with E-state index in [1.165, 1.54) is 54.0 Å². The van der Waals surface area contributed by atoms with E-state index < -0.39 is 0 Å². The monoisotopic (exact) mass is 803 g/mol. The number of nitrogens with zero attached hydrogens (tertiary/aromatic N) is 3. The Labute approximate surface area is 366 Å². The van der Waals surface area contributed by atoms with E-state index in [0.717, 1.165) is 50.9 Å². The normalized spacial score (nSPS) is 11.5. The van der Waals surface area contributed by atoms with Gasteiger partial charge in [0.25, 0.3) is 0 Å². The smallest absolute Gasteiger partial charge is 0.0528 e. The fourth-order valence-corrected chi connectivity index (χ4v) is 9.31. The van der Waals surface area contributed by atoms with Crippen LogP contribution in [0.4, 0.5) is 34.1 Å². The van der Waals surface area contributed by atoms with Crippen LogP contribution in [-0.2, 0) is 0 Å². The molecule has 0 radical (unpaired) electrons. The van der Waals surface area contributed by atoms with Gasteiger partial charge in [-0.05, 0) is 151 Å². The summed E-state index contributed by atoms with van der Waals surface area (Å²) in [5, 5.41) is 10.8. The molecule has 0 fully saturated rings. The lowest BCUT2D eigenvalue weighted by atomic mass is 9.99. The van der Waals surface area contributed by atoms with Crippen LogP contribution in [0.1, 0.15) is 0 Å². The van der Waals surface area contributed by atoms with Crippen molar-refractivity contribution in [2.24, 2.45) is 0 Å². The van der Waals surface area contributed by atoms with Gasteiger partial charge in [-0.2, -0.15) is 0 Å². The van der Waals surface area contributed by atoms with Crippen LogP contribution >= 0.6 is 0 Å². The maximum atomic E-state index is 2.43. The zero-order valence-electron chi connectivity index (χ0n) is 34.5. The molecule has 0 amide bonds. The second-order valence-electron chi connectivity index (χ2n) is 16.3. The summed E-state index contributed by atoms with van der Waals surface area (Å²) in [6, 6.07) is 88.5. The highest BCUT2D eigenvalue weighted by Gasteiger charge is 2.21. The molecule has 0 N–H and O–H groups in total. The summed E-state index contributed by atoms with van der Waals surface area (Å²) in [5.74, 6) is 0. The van der Waals surface area contributed by atoms with Gasteiger partial charge >= 0.3 is 0 Å². The van der Waals surface area contributed by atoms with Gasteiger partial charge in [-0.25, -0.2) is 0 Å². The van der Waals surface area contributed by atoms with Crippen molar-refractivity contribution in [3.63, 3.8) is 0 Å². The van der Waals surface area contributed by atoms with E-state index >= 15 is 0 Å². The third-order valence-corrected chi connectivity index (χ3v) is 12.4. The second kappa shape index (κ2) is 15.3. The molecule has 296 valence electrons. The quantitative estimate of drug-likeness (QED) is 0.152. The van der Waals surface area contributed by atoms with Crippen molar-refractivity contribution in [2.75, 3.05) is 9.80 Å². The first-order valence-electron chi connectivity index (χ1n) is 21.6. The third kappa shape index (κ3) is 6.73. The Bertz CT molecular complexity index is 3320. The molecule has 0 aliphatic rings. The van der Waals surface area contributed by atoms with Crippen LogP contribution in [0, 0.1) is 0 Å². The zero-order chi connectivity index (χ0) is 41.7. The molecule has 0 aliphatic carbocycles. The van der Waals surface area contributed by atoms with Gasteiger partial charge in [0.15, 0.2) is 0 Å². The van der Waals surface area contributed by atoms with E-state index in [1.807, 2.05) is 0 Å². The van der Waals surface area contributed by atoms with Gasteiger partial charge in [-0.15, -0.1) is 0 Å². The lowest BCUT2D eigenvalue weighted by Gasteiger charge is -2.31.